The fraction of sp³-hybridized carbons (Fsp3) is 0.250. The average Bonchev–Trinajstić information content (AvgIpc) is 2.82. The normalized spacial score (nSPS) is 12.6. The maximum absolute atomic E-state index is 13.1. The Morgan fingerprint density at radius 1 is 1.47 bits per heavy atom. The number of nitrogens with one attached hydrogen (secondary N) is 1. The predicted molar refractivity (Wildman–Crippen MR) is 65.9 cm³/mol. The van der Waals surface area contributed by atoms with Gasteiger partial charge in [-0.25, -0.2) is 4.39 Å². The second kappa shape index (κ2) is 5.42. The molecule has 3 nitrogen and oxygen atoms in total. The van der Waals surface area contributed by atoms with Gasteiger partial charge in [0.25, 0.3) is 0 Å². The van der Waals surface area contributed by atoms with E-state index in [4.69, 9.17) is 4.52 Å². The van der Waals surface area contributed by atoms with Crippen LogP contribution in [-0.2, 0) is 6.54 Å². The van der Waals surface area contributed by atoms with E-state index >= 15 is 0 Å². The van der Waals surface area contributed by atoms with Crippen molar-refractivity contribution in [1.82, 2.24) is 10.5 Å². The highest BCUT2D eigenvalue weighted by Gasteiger charge is 2.08. The van der Waals surface area contributed by atoms with Crippen LogP contribution < -0.4 is 5.32 Å². The van der Waals surface area contributed by atoms with Crippen LogP contribution >= 0.6 is 15.9 Å². The van der Waals surface area contributed by atoms with Gasteiger partial charge in [0.05, 0.1) is 10.2 Å². The molecule has 0 aliphatic heterocycles. The summed E-state index contributed by atoms with van der Waals surface area (Å²) in [5.41, 5.74) is 1.86. The molecule has 0 saturated heterocycles. The van der Waals surface area contributed by atoms with E-state index < -0.39 is 0 Å². The molecule has 0 aliphatic carbocycles. The largest absolute Gasteiger partial charge is 0.364 e. The highest BCUT2D eigenvalue weighted by atomic mass is 79.9. The molecule has 2 rings (SSSR count). The topological polar surface area (TPSA) is 38.1 Å². The zero-order valence-corrected chi connectivity index (χ0v) is 10.9. The lowest BCUT2D eigenvalue weighted by Gasteiger charge is -2.13. The lowest BCUT2D eigenvalue weighted by molar-refractivity contribution is 0.406. The van der Waals surface area contributed by atoms with Crippen molar-refractivity contribution in [2.75, 3.05) is 0 Å². The summed E-state index contributed by atoms with van der Waals surface area (Å²) < 4.78 is 18.3. The van der Waals surface area contributed by atoms with E-state index in [2.05, 4.69) is 26.4 Å². The first kappa shape index (κ1) is 12.3. The smallest absolute Gasteiger partial charge is 0.137 e. The van der Waals surface area contributed by atoms with E-state index in [1.54, 1.807) is 18.2 Å². The molecule has 1 atom stereocenters. The fourth-order valence-electron chi connectivity index (χ4n) is 1.49. The van der Waals surface area contributed by atoms with Crippen molar-refractivity contribution in [3.8, 4) is 0 Å². The molecule has 0 aliphatic rings. The van der Waals surface area contributed by atoms with E-state index in [-0.39, 0.29) is 11.9 Å². The molecule has 1 aromatic carbocycles. The highest BCUT2D eigenvalue weighted by Crippen LogP contribution is 2.21. The van der Waals surface area contributed by atoms with E-state index in [9.17, 15) is 4.39 Å². The number of nitrogens with zero attached hydrogens (tertiary/aromatic N) is 1. The minimum absolute atomic E-state index is 0.114. The van der Waals surface area contributed by atoms with Gasteiger partial charge in [0.15, 0.2) is 0 Å². The van der Waals surface area contributed by atoms with Gasteiger partial charge in [0.2, 0.25) is 0 Å². The highest BCUT2D eigenvalue weighted by molar-refractivity contribution is 9.10. The Balaban J connectivity index is 1.99. The molecule has 0 radical (unpaired) electrons. The van der Waals surface area contributed by atoms with Crippen LogP contribution in [0, 0.1) is 5.82 Å². The zero-order valence-electron chi connectivity index (χ0n) is 9.28. The van der Waals surface area contributed by atoms with Gasteiger partial charge in [0, 0.05) is 18.7 Å². The molecule has 0 fully saturated rings. The van der Waals surface area contributed by atoms with Gasteiger partial charge < -0.3 is 9.84 Å². The molecule has 2 aromatic rings. The summed E-state index contributed by atoms with van der Waals surface area (Å²) >= 11 is 3.17. The van der Waals surface area contributed by atoms with Gasteiger partial charge in [-0.1, -0.05) is 11.2 Å². The quantitative estimate of drug-likeness (QED) is 0.940. The van der Waals surface area contributed by atoms with Gasteiger partial charge in [-0.3, -0.25) is 0 Å². The van der Waals surface area contributed by atoms with Crippen LogP contribution in [0.2, 0.25) is 0 Å². The SMILES string of the molecule is CC(NCc1ccon1)c1ccc(F)c(Br)c1. The van der Waals surface area contributed by atoms with Crippen LogP contribution in [0.25, 0.3) is 0 Å². The summed E-state index contributed by atoms with van der Waals surface area (Å²) in [5.74, 6) is -0.252. The number of hydrogen-bond donors (Lipinski definition) is 1. The summed E-state index contributed by atoms with van der Waals surface area (Å²) in [6, 6.07) is 6.91. The first-order valence-corrected chi connectivity index (χ1v) is 6.03. The zero-order chi connectivity index (χ0) is 12.3. The molecule has 90 valence electrons. The molecule has 1 aromatic heterocycles. The van der Waals surface area contributed by atoms with Crippen LogP contribution in [0.5, 0.6) is 0 Å². The maximum Gasteiger partial charge on any atom is 0.137 e. The lowest BCUT2D eigenvalue weighted by atomic mass is 10.1. The first-order chi connectivity index (χ1) is 8.16. The molecule has 1 heterocycles. The van der Waals surface area contributed by atoms with Crippen molar-refractivity contribution in [1.29, 1.82) is 0 Å². The van der Waals surface area contributed by atoms with Crippen LogP contribution in [0.1, 0.15) is 24.2 Å². The Hall–Kier alpha value is -1.20. The van der Waals surface area contributed by atoms with Crippen LogP contribution in [0.3, 0.4) is 0 Å². The number of hydrogen-bond acceptors (Lipinski definition) is 3. The van der Waals surface area contributed by atoms with Gasteiger partial charge in [0.1, 0.15) is 12.1 Å². The van der Waals surface area contributed by atoms with Crippen LogP contribution in [0.15, 0.2) is 39.5 Å². The molecular weight excluding hydrogens is 287 g/mol. The molecular formula is C12H12BrFN2O. The third-order valence-corrected chi connectivity index (χ3v) is 3.13. The van der Waals surface area contributed by atoms with E-state index in [1.165, 1.54) is 12.3 Å². The maximum atomic E-state index is 13.1. The van der Waals surface area contributed by atoms with Crippen molar-refractivity contribution in [3.63, 3.8) is 0 Å². The van der Waals surface area contributed by atoms with Gasteiger partial charge >= 0.3 is 0 Å². The Morgan fingerprint density at radius 2 is 2.29 bits per heavy atom. The lowest BCUT2D eigenvalue weighted by Crippen LogP contribution is -2.18. The van der Waals surface area contributed by atoms with Crippen LogP contribution in [0.4, 0.5) is 4.39 Å². The Labute approximate surface area is 107 Å². The standard InChI is InChI=1S/C12H12BrFN2O/c1-8(15-7-10-4-5-17-16-10)9-2-3-12(14)11(13)6-9/h2-6,8,15H,7H2,1H3. The Morgan fingerprint density at radius 3 is 2.94 bits per heavy atom. The molecule has 0 spiro atoms. The van der Waals surface area contributed by atoms with Gasteiger partial charge in [-0.15, -0.1) is 0 Å². The second-order valence-electron chi connectivity index (χ2n) is 3.77. The monoisotopic (exact) mass is 298 g/mol. The van der Waals surface area contributed by atoms with E-state index in [0.717, 1.165) is 11.3 Å². The summed E-state index contributed by atoms with van der Waals surface area (Å²) in [6.07, 6.45) is 1.54. The minimum Gasteiger partial charge on any atom is -0.364 e. The van der Waals surface area contributed by atoms with Crippen molar-refractivity contribution in [2.24, 2.45) is 0 Å². The average molecular weight is 299 g/mol. The van der Waals surface area contributed by atoms with Gasteiger partial charge in [-0.2, -0.15) is 0 Å². The van der Waals surface area contributed by atoms with Gasteiger partial charge in [-0.05, 0) is 40.5 Å². The summed E-state index contributed by atoms with van der Waals surface area (Å²) in [7, 11) is 0. The van der Waals surface area contributed by atoms with Crippen molar-refractivity contribution in [2.45, 2.75) is 19.5 Å². The molecule has 0 bridgehead atoms. The fourth-order valence-corrected chi connectivity index (χ4v) is 1.88. The number of halogens is 2. The van der Waals surface area contributed by atoms with E-state index in [1.807, 2.05) is 6.92 Å². The number of rotatable bonds is 4. The van der Waals surface area contributed by atoms with Crippen molar-refractivity contribution >= 4 is 15.9 Å². The molecule has 0 amide bonds. The van der Waals surface area contributed by atoms with Crippen LogP contribution in [-0.4, -0.2) is 5.16 Å². The third kappa shape index (κ3) is 3.14. The van der Waals surface area contributed by atoms with Crippen molar-refractivity contribution < 1.29 is 8.91 Å². The predicted octanol–water partition coefficient (Wildman–Crippen LogP) is 3.43. The summed E-state index contributed by atoms with van der Waals surface area (Å²) in [6.45, 7) is 2.63. The first-order valence-electron chi connectivity index (χ1n) is 5.24. The van der Waals surface area contributed by atoms with Crippen molar-refractivity contribution in [3.05, 3.63) is 52.1 Å². The third-order valence-electron chi connectivity index (χ3n) is 2.52. The molecule has 17 heavy (non-hydrogen) atoms. The number of aromatic nitrogens is 1. The Bertz CT molecular complexity index is 487. The number of benzene rings is 1. The molecule has 1 unspecified atom stereocenters. The molecule has 5 heteroatoms. The molecule has 0 saturated carbocycles. The van der Waals surface area contributed by atoms with E-state index in [0.29, 0.717) is 11.0 Å². The molecule has 1 N–H and O–H groups in total. The minimum atomic E-state index is -0.252. The Kier molecular flexibility index (Phi) is 3.91. The summed E-state index contributed by atoms with van der Waals surface area (Å²) in [5, 5.41) is 7.09. The summed E-state index contributed by atoms with van der Waals surface area (Å²) in [4.78, 5) is 0. The second-order valence-corrected chi connectivity index (χ2v) is 4.62.